The highest BCUT2D eigenvalue weighted by Crippen LogP contribution is 2.34. The number of nitrogens with one attached hydrogen (secondary N) is 2. The Morgan fingerprint density at radius 3 is 2.50 bits per heavy atom. The molecular formula is C44H54N8O6. The van der Waals surface area contributed by atoms with E-state index < -0.39 is 11.9 Å². The van der Waals surface area contributed by atoms with E-state index in [4.69, 9.17) is 4.74 Å². The predicted molar refractivity (Wildman–Crippen MR) is 219 cm³/mol. The molecular weight excluding hydrogens is 737 g/mol. The van der Waals surface area contributed by atoms with E-state index in [0.717, 1.165) is 108 Å². The first-order chi connectivity index (χ1) is 28.3. The van der Waals surface area contributed by atoms with Gasteiger partial charge in [0.25, 0.3) is 11.8 Å². The lowest BCUT2D eigenvalue weighted by atomic mass is 9.91. The smallest absolute Gasteiger partial charge is 0.255 e. The number of ether oxygens (including phenoxy) is 1. The number of likely N-dealkylation sites (tertiary alicyclic amines) is 1. The van der Waals surface area contributed by atoms with E-state index in [1.54, 1.807) is 41.7 Å². The van der Waals surface area contributed by atoms with Crippen LogP contribution < -0.4 is 20.3 Å². The van der Waals surface area contributed by atoms with Gasteiger partial charge < -0.3 is 24.8 Å². The van der Waals surface area contributed by atoms with Gasteiger partial charge in [-0.05, 0) is 93.0 Å². The number of hydrogen-bond acceptors (Lipinski definition) is 10. The van der Waals surface area contributed by atoms with Gasteiger partial charge >= 0.3 is 0 Å². The molecule has 306 valence electrons. The maximum absolute atomic E-state index is 13.3. The van der Waals surface area contributed by atoms with Crippen LogP contribution >= 0.6 is 0 Å². The Morgan fingerprint density at radius 2 is 1.74 bits per heavy atom. The molecule has 4 aliphatic rings. The maximum atomic E-state index is 13.3. The molecule has 0 saturated carbocycles. The minimum absolute atomic E-state index is 0.0488. The maximum Gasteiger partial charge on any atom is 0.255 e. The number of imide groups is 1. The number of pyridine rings is 2. The van der Waals surface area contributed by atoms with Gasteiger partial charge in [0, 0.05) is 88.0 Å². The zero-order valence-electron chi connectivity index (χ0n) is 33.2. The number of carbonyl (C=O) groups excluding carboxylic acids is 5. The quantitative estimate of drug-likeness (QED) is 0.123. The Bertz CT molecular complexity index is 1940. The van der Waals surface area contributed by atoms with Crippen LogP contribution in [-0.4, -0.2) is 119 Å². The van der Waals surface area contributed by atoms with Crippen molar-refractivity contribution in [2.24, 2.45) is 5.92 Å². The molecule has 3 saturated heterocycles. The molecule has 0 aliphatic carbocycles. The minimum Gasteiger partial charge on any atom is -0.493 e. The van der Waals surface area contributed by atoms with Crippen LogP contribution in [-0.2, 0) is 20.9 Å². The lowest BCUT2D eigenvalue weighted by molar-refractivity contribution is -0.137. The number of piperazine rings is 1. The van der Waals surface area contributed by atoms with Crippen LogP contribution in [0.3, 0.4) is 0 Å². The molecule has 0 spiro atoms. The van der Waals surface area contributed by atoms with Crippen LogP contribution in [0.4, 0.5) is 5.82 Å². The second-order valence-corrected chi connectivity index (χ2v) is 15.6. The van der Waals surface area contributed by atoms with Crippen molar-refractivity contribution in [3.63, 3.8) is 0 Å². The number of benzene rings is 1. The van der Waals surface area contributed by atoms with Gasteiger partial charge in [0.1, 0.15) is 17.6 Å². The number of nitrogens with zero attached hydrogens (tertiary/aromatic N) is 6. The minimum atomic E-state index is -0.644. The van der Waals surface area contributed by atoms with Crippen LogP contribution in [0.25, 0.3) is 6.08 Å². The third-order valence-electron chi connectivity index (χ3n) is 11.7. The molecule has 0 bridgehead atoms. The van der Waals surface area contributed by atoms with Gasteiger partial charge in [-0.1, -0.05) is 25.0 Å². The summed E-state index contributed by atoms with van der Waals surface area (Å²) in [7, 11) is 0. The first-order valence-corrected chi connectivity index (χ1v) is 20.8. The van der Waals surface area contributed by atoms with Crippen LogP contribution in [0.15, 0.2) is 67.1 Å². The summed E-state index contributed by atoms with van der Waals surface area (Å²) < 4.78 is 6.14. The van der Waals surface area contributed by atoms with Gasteiger partial charge in [-0.2, -0.15) is 0 Å². The molecule has 6 heterocycles. The Labute approximate surface area is 340 Å². The van der Waals surface area contributed by atoms with Gasteiger partial charge in [0.05, 0.1) is 18.7 Å². The summed E-state index contributed by atoms with van der Waals surface area (Å²) in [6.07, 6.45) is 16.0. The van der Waals surface area contributed by atoms with E-state index in [1.165, 1.54) is 0 Å². The Kier molecular flexibility index (Phi) is 13.8. The lowest BCUT2D eigenvalue weighted by Crippen LogP contribution is -2.52. The number of rotatable bonds is 16. The molecule has 3 fully saturated rings. The zero-order chi connectivity index (χ0) is 40.3. The van der Waals surface area contributed by atoms with Crippen LogP contribution in [0.5, 0.6) is 5.75 Å². The van der Waals surface area contributed by atoms with Crippen LogP contribution in [0.2, 0.25) is 0 Å². The first kappa shape index (κ1) is 40.6. The fourth-order valence-corrected chi connectivity index (χ4v) is 8.29. The van der Waals surface area contributed by atoms with Crippen molar-refractivity contribution < 1.29 is 28.7 Å². The number of anilines is 1. The molecule has 2 aromatic heterocycles. The van der Waals surface area contributed by atoms with Crippen LogP contribution in [0.1, 0.15) is 89.6 Å². The average Bonchev–Trinajstić information content (AvgIpc) is 3.59. The van der Waals surface area contributed by atoms with Crippen molar-refractivity contribution in [1.29, 1.82) is 0 Å². The van der Waals surface area contributed by atoms with E-state index in [2.05, 4.69) is 30.4 Å². The van der Waals surface area contributed by atoms with E-state index in [0.29, 0.717) is 48.9 Å². The second kappa shape index (κ2) is 19.7. The molecule has 3 aromatic rings. The largest absolute Gasteiger partial charge is 0.493 e. The Morgan fingerprint density at radius 1 is 0.897 bits per heavy atom. The summed E-state index contributed by atoms with van der Waals surface area (Å²) in [6.45, 7) is 7.58. The molecule has 1 aromatic carbocycles. The first-order valence-electron chi connectivity index (χ1n) is 20.8. The summed E-state index contributed by atoms with van der Waals surface area (Å²) in [5, 5.41) is 5.30. The van der Waals surface area contributed by atoms with Gasteiger partial charge in [-0.25, -0.2) is 4.98 Å². The van der Waals surface area contributed by atoms with Crippen molar-refractivity contribution in [2.75, 3.05) is 63.9 Å². The zero-order valence-corrected chi connectivity index (χ0v) is 33.2. The number of amides is 5. The normalized spacial score (nSPS) is 19.1. The van der Waals surface area contributed by atoms with Gasteiger partial charge in [-0.3, -0.25) is 39.2 Å². The molecule has 5 amide bonds. The summed E-state index contributed by atoms with van der Waals surface area (Å²) in [5.74, 6) is 1.22. The van der Waals surface area contributed by atoms with Crippen LogP contribution in [0, 0.1) is 5.92 Å². The van der Waals surface area contributed by atoms with Crippen molar-refractivity contribution in [3.05, 3.63) is 89.4 Å². The molecule has 4 aliphatic heterocycles. The predicted octanol–water partition coefficient (Wildman–Crippen LogP) is 4.07. The number of carbonyl (C=O) groups is 5. The number of aromatic nitrogens is 2. The van der Waals surface area contributed by atoms with Gasteiger partial charge in [-0.15, -0.1) is 0 Å². The molecule has 7 rings (SSSR count). The van der Waals surface area contributed by atoms with Crippen molar-refractivity contribution in [3.8, 4) is 5.75 Å². The Balaban J connectivity index is 0.749. The molecule has 58 heavy (non-hydrogen) atoms. The Hall–Kier alpha value is -5.63. The van der Waals surface area contributed by atoms with Crippen molar-refractivity contribution >= 4 is 41.4 Å². The monoisotopic (exact) mass is 790 g/mol. The number of fused-ring (bicyclic) bond motifs is 1. The van der Waals surface area contributed by atoms with Crippen molar-refractivity contribution in [2.45, 2.75) is 70.4 Å². The summed E-state index contributed by atoms with van der Waals surface area (Å²) in [4.78, 5) is 79.5. The van der Waals surface area contributed by atoms with E-state index in [1.807, 2.05) is 41.3 Å². The molecule has 2 N–H and O–H groups in total. The number of piperidine rings is 2. The summed E-state index contributed by atoms with van der Waals surface area (Å²) in [5.41, 5.74) is 2.89. The van der Waals surface area contributed by atoms with Gasteiger partial charge in [0.15, 0.2) is 0 Å². The molecule has 0 radical (unpaired) electrons. The molecule has 1 atom stereocenters. The summed E-state index contributed by atoms with van der Waals surface area (Å²) in [6, 6.07) is 12.4. The van der Waals surface area contributed by atoms with Crippen molar-refractivity contribution in [1.82, 2.24) is 35.3 Å². The fourth-order valence-electron chi connectivity index (χ4n) is 8.29. The van der Waals surface area contributed by atoms with E-state index >= 15 is 0 Å². The third kappa shape index (κ3) is 10.5. The SMILES string of the molecule is O=C(/C=C/c1cccnc1)NCCCCC1CCN(C(=O)c2ccc(N3CCN(CCCCOc4cccc5c4CN(C4CCC(=O)NC4=O)C5=O)CC3)nc2)CC1. The van der Waals surface area contributed by atoms with E-state index in [-0.39, 0.29) is 30.0 Å². The highest BCUT2D eigenvalue weighted by atomic mass is 16.5. The molecule has 1 unspecified atom stereocenters. The average molecular weight is 791 g/mol. The number of unbranched alkanes of at least 4 members (excludes halogenated alkanes) is 2. The highest BCUT2D eigenvalue weighted by Gasteiger charge is 2.40. The molecule has 14 heteroatoms. The highest BCUT2D eigenvalue weighted by molar-refractivity contribution is 6.05. The van der Waals surface area contributed by atoms with Gasteiger partial charge in [0.2, 0.25) is 17.7 Å². The lowest BCUT2D eigenvalue weighted by Gasteiger charge is -2.35. The second-order valence-electron chi connectivity index (χ2n) is 15.6. The fraction of sp³-hybridized carbons (Fsp3) is 0.477. The van der Waals surface area contributed by atoms with E-state index in [9.17, 15) is 24.0 Å². The topological polar surface area (TPSA) is 157 Å². The number of hydrogen-bond donors (Lipinski definition) is 2. The third-order valence-corrected chi connectivity index (χ3v) is 11.7. The molecule has 14 nitrogen and oxygen atoms in total. The summed E-state index contributed by atoms with van der Waals surface area (Å²) >= 11 is 0. The standard InChI is InChI=1S/C44H54N8O6/c53-40(15-11-33-8-6-19-45-29-33)46-20-2-1-7-32-17-22-51(23-18-32)43(56)34-12-14-39(47-30-34)50-26-24-49(25-27-50)21-3-4-28-58-38-10-5-9-35-36(38)31-52(44(35)57)37-13-16-41(54)48-42(37)55/h5-6,8-12,14-15,19,29-30,32,37H,1-4,7,13,16-18,20-28,31H2,(H,46,53)(H,48,54,55)/b15-11+.